The molecule has 0 unspecified atom stereocenters. The van der Waals surface area contributed by atoms with E-state index in [4.69, 9.17) is 4.74 Å². The fourth-order valence-corrected chi connectivity index (χ4v) is 5.25. The summed E-state index contributed by atoms with van der Waals surface area (Å²) in [6.45, 7) is 6.08. The number of ether oxygens (including phenoxy) is 1. The highest BCUT2D eigenvalue weighted by molar-refractivity contribution is 6.15. The van der Waals surface area contributed by atoms with Gasteiger partial charge in [-0.1, -0.05) is 17.7 Å². The molecule has 0 saturated carbocycles. The molecule has 3 aliphatic rings. The predicted molar refractivity (Wildman–Crippen MR) is 105 cm³/mol. The second-order valence-corrected chi connectivity index (χ2v) is 8.36. The molecule has 5 atom stereocenters. The van der Waals surface area contributed by atoms with E-state index in [0.29, 0.717) is 24.3 Å². The normalized spacial score (nSPS) is 31.4. The van der Waals surface area contributed by atoms with Crippen LogP contribution >= 0.6 is 0 Å². The number of nitrogens with zero attached hydrogens (tertiary/aromatic N) is 1. The molecule has 2 fully saturated rings. The minimum absolute atomic E-state index is 0.239. The Balaban J connectivity index is 1.84. The SMILES string of the molecule is COCCCN1C(=O)[C@@H]2[C@@H]([C@@H](C)O)N[C@@]3(C(=O)Nc4c(C)cc(C)cc43)[C@@H]2C1=O. The Morgan fingerprint density at radius 2 is 1.97 bits per heavy atom. The van der Waals surface area contributed by atoms with Crippen LogP contribution in [0.15, 0.2) is 12.1 Å². The van der Waals surface area contributed by atoms with Gasteiger partial charge in [-0.15, -0.1) is 0 Å². The fourth-order valence-electron chi connectivity index (χ4n) is 5.25. The van der Waals surface area contributed by atoms with Crippen LogP contribution in [0.25, 0.3) is 0 Å². The molecule has 0 bridgehead atoms. The zero-order valence-corrected chi connectivity index (χ0v) is 17.1. The first kappa shape index (κ1) is 20.0. The summed E-state index contributed by atoms with van der Waals surface area (Å²) in [6, 6.07) is 3.16. The molecule has 29 heavy (non-hydrogen) atoms. The van der Waals surface area contributed by atoms with Gasteiger partial charge in [0.1, 0.15) is 5.54 Å². The third-order valence-corrected chi connectivity index (χ3v) is 6.44. The molecule has 1 aromatic carbocycles. The number of hydrogen-bond donors (Lipinski definition) is 3. The molecule has 0 aromatic heterocycles. The highest BCUT2D eigenvalue weighted by atomic mass is 16.5. The smallest absolute Gasteiger partial charge is 0.250 e. The lowest BCUT2D eigenvalue weighted by Crippen LogP contribution is -2.54. The van der Waals surface area contributed by atoms with Crippen LogP contribution in [0, 0.1) is 25.7 Å². The van der Waals surface area contributed by atoms with Crippen LogP contribution in [0.3, 0.4) is 0 Å². The molecular weight excluding hydrogens is 374 g/mol. The van der Waals surface area contributed by atoms with Crippen LogP contribution in [0.2, 0.25) is 0 Å². The van der Waals surface area contributed by atoms with Crippen molar-refractivity contribution in [3.8, 4) is 0 Å². The first-order chi connectivity index (χ1) is 13.7. The number of likely N-dealkylation sites (tertiary alicyclic amines) is 1. The van der Waals surface area contributed by atoms with E-state index in [1.807, 2.05) is 26.0 Å². The van der Waals surface area contributed by atoms with Crippen molar-refractivity contribution in [1.29, 1.82) is 0 Å². The van der Waals surface area contributed by atoms with Crippen LogP contribution in [0.1, 0.15) is 30.0 Å². The number of carbonyl (C=O) groups is 3. The van der Waals surface area contributed by atoms with Crippen molar-refractivity contribution in [3.05, 3.63) is 28.8 Å². The van der Waals surface area contributed by atoms with E-state index in [1.165, 1.54) is 4.90 Å². The van der Waals surface area contributed by atoms with Crippen LogP contribution in [0.4, 0.5) is 5.69 Å². The topological polar surface area (TPSA) is 108 Å². The van der Waals surface area contributed by atoms with Gasteiger partial charge in [-0.25, -0.2) is 0 Å². The molecule has 1 spiro atoms. The van der Waals surface area contributed by atoms with E-state index in [1.54, 1.807) is 14.0 Å². The third-order valence-electron chi connectivity index (χ3n) is 6.44. The molecule has 3 amide bonds. The highest BCUT2D eigenvalue weighted by Gasteiger charge is 2.71. The van der Waals surface area contributed by atoms with Crippen molar-refractivity contribution in [3.63, 3.8) is 0 Å². The zero-order valence-electron chi connectivity index (χ0n) is 17.1. The number of amides is 3. The van der Waals surface area contributed by atoms with E-state index in [2.05, 4.69) is 10.6 Å². The number of aliphatic hydroxyl groups is 1. The standard InChI is InChI=1S/C21H27N3O5/c1-10-8-11(2)16-13(9-10)21(20(28)22-16)15-14(17(23-21)12(3)25)18(26)24(19(15)27)6-5-7-29-4/h8-9,12,14-15,17,23,25H,5-7H2,1-4H3,(H,22,28)/t12-,14+,15+,17-,21-/m1/s1. The number of aliphatic hydroxyl groups excluding tert-OH is 1. The Labute approximate surface area is 169 Å². The van der Waals surface area contributed by atoms with Gasteiger partial charge in [0.05, 0.1) is 17.9 Å². The van der Waals surface area contributed by atoms with Gasteiger partial charge >= 0.3 is 0 Å². The average Bonchev–Trinajstić information content (AvgIpc) is 3.24. The number of aryl methyl sites for hydroxylation is 2. The lowest BCUT2D eigenvalue weighted by Gasteiger charge is -2.30. The molecule has 0 radical (unpaired) electrons. The quantitative estimate of drug-likeness (QED) is 0.488. The lowest BCUT2D eigenvalue weighted by molar-refractivity contribution is -0.143. The number of nitrogens with one attached hydrogen (secondary N) is 2. The molecule has 1 aromatic rings. The van der Waals surface area contributed by atoms with Gasteiger partial charge in [0.15, 0.2) is 0 Å². The van der Waals surface area contributed by atoms with E-state index in [0.717, 1.165) is 11.1 Å². The van der Waals surface area contributed by atoms with Crippen LogP contribution in [-0.4, -0.2) is 60.1 Å². The Morgan fingerprint density at radius 3 is 2.62 bits per heavy atom. The van der Waals surface area contributed by atoms with Gasteiger partial charge in [0.2, 0.25) is 17.7 Å². The summed E-state index contributed by atoms with van der Waals surface area (Å²) >= 11 is 0. The summed E-state index contributed by atoms with van der Waals surface area (Å²) in [7, 11) is 1.56. The summed E-state index contributed by atoms with van der Waals surface area (Å²) in [5.74, 6) is -2.73. The maximum atomic E-state index is 13.4. The van der Waals surface area contributed by atoms with Crippen LogP contribution < -0.4 is 10.6 Å². The second kappa shape index (κ2) is 6.90. The largest absolute Gasteiger partial charge is 0.392 e. The Morgan fingerprint density at radius 1 is 1.24 bits per heavy atom. The van der Waals surface area contributed by atoms with Gasteiger partial charge < -0.3 is 15.2 Å². The highest BCUT2D eigenvalue weighted by Crippen LogP contribution is 2.54. The first-order valence-electron chi connectivity index (χ1n) is 9.97. The van der Waals surface area contributed by atoms with Gasteiger partial charge in [0, 0.05) is 37.6 Å². The maximum absolute atomic E-state index is 13.4. The molecule has 156 valence electrons. The van der Waals surface area contributed by atoms with Crippen molar-refractivity contribution >= 4 is 23.4 Å². The number of hydrogen-bond acceptors (Lipinski definition) is 6. The Bertz CT molecular complexity index is 899. The minimum atomic E-state index is -1.36. The average molecular weight is 401 g/mol. The van der Waals surface area contributed by atoms with Crippen molar-refractivity contribution in [2.24, 2.45) is 11.8 Å². The van der Waals surface area contributed by atoms with Crippen molar-refractivity contribution in [2.45, 2.75) is 44.9 Å². The third kappa shape index (κ3) is 2.66. The number of fused-ring (bicyclic) bond motifs is 4. The molecule has 2 saturated heterocycles. The van der Waals surface area contributed by atoms with E-state index >= 15 is 0 Å². The van der Waals surface area contributed by atoms with E-state index < -0.39 is 29.5 Å². The number of imide groups is 1. The van der Waals surface area contributed by atoms with Crippen molar-refractivity contribution in [2.75, 3.05) is 25.6 Å². The van der Waals surface area contributed by atoms with Gasteiger partial charge in [-0.3, -0.25) is 24.6 Å². The number of methoxy groups -OCH3 is 1. The Kier molecular flexibility index (Phi) is 4.76. The van der Waals surface area contributed by atoms with Crippen LogP contribution in [0.5, 0.6) is 0 Å². The summed E-state index contributed by atoms with van der Waals surface area (Å²) in [6.07, 6.45) is -0.380. The lowest BCUT2D eigenvalue weighted by atomic mass is 9.75. The van der Waals surface area contributed by atoms with Crippen molar-refractivity contribution < 1.29 is 24.2 Å². The Hall–Kier alpha value is -2.29. The van der Waals surface area contributed by atoms with Crippen molar-refractivity contribution in [1.82, 2.24) is 10.2 Å². The maximum Gasteiger partial charge on any atom is 0.250 e. The van der Waals surface area contributed by atoms with E-state index in [9.17, 15) is 19.5 Å². The first-order valence-corrected chi connectivity index (χ1v) is 9.97. The molecule has 0 aliphatic carbocycles. The number of carbonyl (C=O) groups excluding carboxylic acids is 3. The molecule has 3 N–H and O–H groups in total. The predicted octanol–water partition coefficient (Wildman–Crippen LogP) is 0.441. The number of rotatable bonds is 5. The number of anilines is 1. The molecular formula is C21H27N3O5. The molecule has 3 heterocycles. The molecule has 8 nitrogen and oxygen atoms in total. The minimum Gasteiger partial charge on any atom is -0.392 e. The summed E-state index contributed by atoms with van der Waals surface area (Å²) in [4.78, 5) is 41.1. The molecule has 4 rings (SSSR count). The van der Waals surface area contributed by atoms with E-state index in [-0.39, 0.29) is 24.3 Å². The van der Waals surface area contributed by atoms with Crippen LogP contribution in [-0.2, 0) is 24.7 Å². The monoisotopic (exact) mass is 401 g/mol. The van der Waals surface area contributed by atoms with Gasteiger partial charge in [-0.05, 0) is 32.8 Å². The summed E-state index contributed by atoms with van der Waals surface area (Å²) < 4.78 is 5.04. The number of benzene rings is 1. The molecule has 8 heteroatoms. The van der Waals surface area contributed by atoms with Gasteiger partial charge in [-0.2, -0.15) is 0 Å². The summed E-state index contributed by atoms with van der Waals surface area (Å²) in [5, 5.41) is 16.5. The molecule has 3 aliphatic heterocycles. The summed E-state index contributed by atoms with van der Waals surface area (Å²) in [5.41, 5.74) is 1.86. The fraction of sp³-hybridized carbons (Fsp3) is 0.571. The zero-order chi connectivity index (χ0) is 21.1. The van der Waals surface area contributed by atoms with Gasteiger partial charge in [0.25, 0.3) is 0 Å². The second-order valence-electron chi connectivity index (χ2n) is 8.36.